The van der Waals surface area contributed by atoms with Crippen molar-refractivity contribution in [3.8, 4) is 23.0 Å². The van der Waals surface area contributed by atoms with Crippen LogP contribution in [0.25, 0.3) is 21.9 Å². The van der Waals surface area contributed by atoms with Crippen LogP contribution in [0.2, 0.25) is 0 Å². The quantitative estimate of drug-likeness (QED) is 0.506. The summed E-state index contributed by atoms with van der Waals surface area (Å²) in [7, 11) is 2.81. The molecule has 4 aromatic rings. The van der Waals surface area contributed by atoms with Gasteiger partial charge < -0.3 is 28.5 Å². The predicted molar refractivity (Wildman–Crippen MR) is 101 cm³/mol. The van der Waals surface area contributed by atoms with Gasteiger partial charge in [-0.1, -0.05) is 0 Å². The highest BCUT2D eigenvalue weighted by Gasteiger charge is 2.10. The Kier molecular flexibility index (Phi) is 5.21. The number of hydrogen-bond acceptors (Lipinski definition) is 8. The molecular formula is C20H16O8. The number of methoxy groups -OCH3 is 2. The van der Waals surface area contributed by atoms with E-state index in [1.165, 1.54) is 38.5 Å². The first-order valence-corrected chi connectivity index (χ1v) is 8.04. The van der Waals surface area contributed by atoms with Crippen LogP contribution in [-0.4, -0.2) is 24.4 Å². The van der Waals surface area contributed by atoms with Gasteiger partial charge in [0.25, 0.3) is 0 Å². The van der Waals surface area contributed by atoms with Crippen molar-refractivity contribution in [1.29, 1.82) is 0 Å². The summed E-state index contributed by atoms with van der Waals surface area (Å²) in [5.74, 6) is 0.268. The molecule has 0 saturated carbocycles. The average molecular weight is 384 g/mol. The average Bonchev–Trinajstić information content (AvgIpc) is 2.68. The van der Waals surface area contributed by atoms with Crippen LogP contribution in [0.4, 0.5) is 0 Å². The lowest BCUT2D eigenvalue weighted by Crippen LogP contribution is -1.96. The Labute approximate surface area is 157 Å². The van der Waals surface area contributed by atoms with E-state index in [0.717, 1.165) is 0 Å². The Balaban J connectivity index is 0.000000161. The van der Waals surface area contributed by atoms with Gasteiger partial charge in [0.1, 0.15) is 0 Å². The van der Waals surface area contributed by atoms with Crippen LogP contribution < -0.4 is 20.7 Å². The first-order valence-electron chi connectivity index (χ1n) is 8.04. The van der Waals surface area contributed by atoms with E-state index < -0.39 is 11.3 Å². The summed E-state index contributed by atoms with van der Waals surface area (Å²) >= 11 is 0. The maximum Gasteiger partial charge on any atom is 0.336 e. The first-order chi connectivity index (χ1) is 13.4. The number of rotatable bonds is 2. The van der Waals surface area contributed by atoms with Gasteiger partial charge in [-0.3, -0.25) is 0 Å². The van der Waals surface area contributed by atoms with E-state index in [2.05, 4.69) is 0 Å². The Morgan fingerprint density at radius 1 is 0.643 bits per heavy atom. The molecule has 0 bridgehead atoms. The van der Waals surface area contributed by atoms with Crippen molar-refractivity contribution in [3.63, 3.8) is 0 Å². The molecule has 0 amide bonds. The van der Waals surface area contributed by atoms with E-state index in [1.54, 1.807) is 24.3 Å². The van der Waals surface area contributed by atoms with Crippen LogP contribution in [0, 0.1) is 0 Å². The van der Waals surface area contributed by atoms with Crippen molar-refractivity contribution in [2.45, 2.75) is 0 Å². The molecule has 2 aromatic carbocycles. The van der Waals surface area contributed by atoms with Crippen LogP contribution in [0.1, 0.15) is 0 Å². The van der Waals surface area contributed by atoms with Crippen LogP contribution in [0.5, 0.6) is 23.0 Å². The molecule has 8 nitrogen and oxygen atoms in total. The van der Waals surface area contributed by atoms with Crippen molar-refractivity contribution < 1.29 is 28.5 Å². The number of hydrogen-bond donors (Lipinski definition) is 2. The van der Waals surface area contributed by atoms with Crippen LogP contribution in [-0.2, 0) is 0 Å². The van der Waals surface area contributed by atoms with Gasteiger partial charge in [-0.15, -0.1) is 0 Å². The Morgan fingerprint density at radius 2 is 1.00 bits per heavy atom. The molecule has 144 valence electrons. The zero-order chi connectivity index (χ0) is 20.3. The van der Waals surface area contributed by atoms with Gasteiger partial charge in [0.2, 0.25) is 11.5 Å². The summed E-state index contributed by atoms with van der Waals surface area (Å²) in [5, 5.41) is 20.2. The monoisotopic (exact) mass is 384 g/mol. The Hall–Kier alpha value is -3.94. The van der Waals surface area contributed by atoms with Gasteiger partial charge in [-0.25, -0.2) is 9.59 Å². The van der Waals surface area contributed by atoms with Gasteiger partial charge in [0, 0.05) is 22.9 Å². The molecule has 0 unspecified atom stereocenters. The fourth-order valence-corrected chi connectivity index (χ4v) is 2.59. The summed E-state index contributed by atoms with van der Waals surface area (Å²) in [5.41, 5.74) is -0.414. The van der Waals surface area contributed by atoms with E-state index in [1.807, 2.05) is 0 Å². The van der Waals surface area contributed by atoms with Crippen molar-refractivity contribution in [1.82, 2.24) is 0 Å². The number of ether oxygens (including phenoxy) is 2. The zero-order valence-corrected chi connectivity index (χ0v) is 15.0. The molecule has 0 fully saturated rings. The van der Waals surface area contributed by atoms with E-state index in [9.17, 15) is 19.8 Å². The molecule has 0 atom stereocenters. The largest absolute Gasteiger partial charge is 0.504 e. The minimum atomic E-state index is -0.471. The lowest BCUT2D eigenvalue weighted by Gasteiger charge is -2.04. The molecule has 0 aliphatic rings. The third-order valence-corrected chi connectivity index (χ3v) is 3.86. The zero-order valence-electron chi connectivity index (χ0n) is 15.0. The lowest BCUT2D eigenvalue weighted by atomic mass is 10.2. The second kappa shape index (κ2) is 7.75. The second-order valence-electron chi connectivity index (χ2n) is 5.58. The van der Waals surface area contributed by atoms with Gasteiger partial charge in [0.15, 0.2) is 22.7 Å². The third kappa shape index (κ3) is 3.61. The fourth-order valence-electron chi connectivity index (χ4n) is 2.59. The SMILES string of the molecule is COc1c(O)ccc2ccc(=O)oc12.COc1c(O)ccc2ccc(=O)oc12. The fraction of sp³-hybridized carbons (Fsp3) is 0.100. The highest BCUT2D eigenvalue weighted by atomic mass is 16.5. The van der Waals surface area contributed by atoms with E-state index in [-0.39, 0.29) is 34.2 Å². The molecule has 2 aromatic heterocycles. The van der Waals surface area contributed by atoms with Crippen LogP contribution in [0.15, 0.2) is 67.0 Å². The maximum atomic E-state index is 11.0. The Bertz CT molecular complexity index is 1150. The van der Waals surface area contributed by atoms with Gasteiger partial charge in [-0.2, -0.15) is 0 Å². The van der Waals surface area contributed by atoms with E-state index in [0.29, 0.717) is 10.8 Å². The molecular weight excluding hydrogens is 368 g/mol. The van der Waals surface area contributed by atoms with Gasteiger partial charge in [-0.05, 0) is 36.4 Å². The first kappa shape index (κ1) is 18.8. The van der Waals surface area contributed by atoms with Crippen molar-refractivity contribution in [3.05, 3.63) is 69.4 Å². The molecule has 2 N–H and O–H groups in total. The Morgan fingerprint density at radius 3 is 1.36 bits per heavy atom. The highest BCUT2D eigenvalue weighted by molar-refractivity contribution is 5.85. The molecule has 0 spiro atoms. The third-order valence-electron chi connectivity index (χ3n) is 3.86. The molecule has 0 aliphatic heterocycles. The lowest BCUT2D eigenvalue weighted by molar-refractivity contribution is 0.369. The standard InChI is InChI=1S/2C10H8O4/c2*1-13-10-7(11)4-2-6-3-5-8(12)14-9(6)10/h2*2-5,11H,1H3. The molecule has 2 heterocycles. The van der Waals surface area contributed by atoms with Gasteiger partial charge >= 0.3 is 11.3 Å². The van der Waals surface area contributed by atoms with E-state index >= 15 is 0 Å². The van der Waals surface area contributed by atoms with E-state index in [4.69, 9.17) is 18.3 Å². The number of phenolic OH excluding ortho intramolecular Hbond substituents is 2. The van der Waals surface area contributed by atoms with Crippen molar-refractivity contribution in [2.24, 2.45) is 0 Å². The minimum Gasteiger partial charge on any atom is -0.504 e. The summed E-state index contributed by atoms with van der Waals surface area (Å²) < 4.78 is 19.7. The molecule has 8 heteroatoms. The van der Waals surface area contributed by atoms with Crippen molar-refractivity contribution >= 4 is 21.9 Å². The molecule has 0 aliphatic carbocycles. The smallest absolute Gasteiger partial charge is 0.336 e. The minimum absolute atomic E-state index is 0.0469. The molecule has 28 heavy (non-hydrogen) atoms. The summed E-state index contributed by atoms with van der Waals surface area (Å²) in [4.78, 5) is 21.9. The number of fused-ring (bicyclic) bond motifs is 2. The summed E-state index contributed by atoms with van der Waals surface area (Å²) in [6.07, 6.45) is 0. The van der Waals surface area contributed by atoms with Crippen molar-refractivity contribution in [2.75, 3.05) is 14.2 Å². The van der Waals surface area contributed by atoms with Crippen LogP contribution >= 0.6 is 0 Å². The molecule has 0 saturated heterocycles. The predicted octanol–water partition coefficient (Wildman–Crippen LogP) is 3.01. The molecule has 4 rings (SSSR count). The highest BCUT2D eigenvalue weighted by Crippen LogP contribution is 2.34. The normalized spacial score (nSPS) is 10.4. The second-order valence-corrected chi connectivity index (χ2v) is 5.58. The summed E-state index contributed by atoms with van der Waals surface area (Å²) in [6, 6.07) is 12.1. The summed E-state index contributed by atoms with van der Waals surface area (Å²) in [6.45, 7) is 0. The van der Waals surface area contributed by atoms with Gasteiger partial charge in [0.05, 0.1) is 14.2 Å². The maximum absolute atomic E-state index is 11.0. The molecule has 0 radical (unpaired) electrons. The van der Waals surface area contributed by atoms with Crippen LogP contribution in [0.3, 0.4) is 0 Å². The number of aromatic hydroxyl groups is 2. The number of benzene rings is 2. The topological polar surface area (TPSA) is 119 Å². The number of phenols is 2.